The largest absolute Gasteiger partial charge is 0.265 e. The predicted octanol–water partition coefficient (Wildman–Crippen LogP) is 2.41. The molecule has 0 amide bonds. The van der Waals surface area contributed by atoms with Crippen molar-refractivity contribution in [2.24, 2.45) is 0 Å². The number of hydrogen-bond acceptors (Lipinski definition) is 3. The summed E-state index contributed by atoms with van der Waals surface area (Å²) in [6, 6.07) is 10.8. The molecule has 2 aromatic rings. The van der Waals surface area contributed by atoms with E-state index in [2.05, 4.69) is 4.98 Å². The highest BCUT2D eigenvalue weighted by Gasteiger charge is 2.16. The first-order valence-electron chi connectivity index (χ1n) is 5.77. The molecular weight excluding hydrogens is 246 g/mol. The highest BCUT2D eigenvalue weighted by molar-refractivity contribution is 7.91. The minimum Gasteiger partial charge on any atom is -0.265 e. The monoisotopic (exact) mass is 261 g/mol. The van der Waals surface area contributed by atoms with Crippen molar-refractivity contribution in [3.05, 3.63) is 59.9 Å². The first kappa shape index (κ1) is 12.8. The van der Waals surface area contributed by atoms with E-state index in [1.54, 1.807) is 24.5 Å². The van der Waals surface area contributed by atoms with Crippen LogP contribution in [-0.2, 0) is 16.3 Å². The fraction of sp³-hybridized carbons (Fsp3) is 0.214. The highest BCUT2D eigenvalue weighted by Crippen LogP contribution is 2.16. The second-order valence-corrected chi connectivity index (χ2v) is 6.27. The Balaban J connectivity index is 2.16. The molecule has 0 saturated carbocycles. The average Bonchev–Trinajstić information content (AvgIpc) is 2.38. The minimum absolute atomic E-state index is 0.127. The molecule has 0 spiro atoms. The van der Waals surface area contributed by atoms with Gasteiger partial charge < -0.3 is 0 Å². The second kappa shape index (κ2) is 5.31. The van der Waals surface area contributed by atoms with E-state index in [-0.39, 0.29) is 5.75 Å². The molecule has 0 saturated heterocycles. The summed E-state index contributed by atoms with van der Waals surface area (Å²) >= 11 is 0. The summed E-state index contributed by atoms with van der Waals surface area (Å²) in [5, 5.41) is 0. The van der Waals surface area contributed by atoms with Crippen molar-refractivity contribution in [3.63, 3.8) is 0 Å². The molecule has 0 N–H and O–H groups in total. The summed E-state index contributed by atoms with van der Waals surface area (Å²) in [4.78, 5) is 4.34. The molecule has 0 atom stereocenters. The summed E-state index contributed by atoms with van der Waals surface area (Å²) in [7, 11) is -3.21. The van der Waals surface area contributed by atoms with Gasteiger partial charge in [0, 0.05) is 12.4 Å². The number of aryl methyl sites for hydroxylation is 2. The molecule has 0 bridgehead atoms. The average molecular weight is 261 g/mol. The minimum atomic E-state index is -3.21. The molecule has 94 valence electrons. The van der Waals surface area contributed by atoms with Crippen molar-refractivity contribution in [2.45, 2.75) is 18.2 Å². The number of rotatable bonds is 4. The van der Waals surface area contributed by atoms with Crippen LogP contribution in [-0.4, -0.2) is 19.2 Å². The van der Waals surface area contributed by atoms with Crippen LogP contribution in [0.2, 0.25) is 0 Å². The molecular formula is C14H15NO2S. The maximum Gasteiger partial charge on any atom is 0.178 e. The summed E-state index contributed by atoms with van der Waals surface area (Å²) in [5.74, 6) is 0.127. The zero-order valence-corrected chi connectivity index (χ0v) is 11.0. The first-order valence-corrected chi connectivity index (χ1v) is 7.42. The van der Waals surface area contributed by atoms with Crippen molar-refractivity contribution < 1.29 is 8.42 Å². The van der Waals surface area contributed by atoms with E-state index in [4.69, 9.17) is 0 Å². The topological polar surface area (TPSA) is 47.0 Å². The Kier molecular flexibility index (Phi) is 3.77. The van der Waals surface area contributed by atoms with E-state index in [0.29, 0.717) is 11.3 Å². The van der Waals surface area contributed by atoms with Crippen LogP contribution >= 0.6 is 0 Å². The van der Waals surface area contributed by atoms with Crippen LogP contribution in [0.25, 0.3) is 0 Å². The van der Waals surface area contributed by atoms with Crippen LogP contribution < -0.4 is 0 Å². The first-order chi connectivity index (χ1) is 8.59. The Bertz CT molecular complexity index is 621. The number of pyridine rings is 1. The highest BCUT2D eigenvalue weighted by atomic mass is 32.2. The molecule has 0 fully saturated rings. The Morgan fingerprint density at radius 3 is 2.39 bits per heavy atom. The molecule has 0 aliphatic heterocycles. The molecule has 4 heteroatoms. The van der Waals surface area contributed by atoms with E-state index in [0.717, 1.165) is 11.1 Å². The number of sulfone groups is 1. The lowest BCUT2D eigenvalue weighted by Gasteiger charge is -2.07. The van der Waals surface area contributed by atoms with Crippen molar-refractivity contribution in [1.29, 1.82) is 0 Å². The molecule has 3 nitrogen and oxygen atoms in total. The lowest BCUT2D eigenvalue weighted by Crippen LogP contribution is -2.10. The Morgan fingerprint density at radius 2 is 1.72 bits per heavy atom. The van der Waals surface area contributed by atoms with Crippen molar-refractivity contribution >= 4 is 9.84 Å². The van der Waals surface area contributed by atoms with Gasteiger partial charge in [-0.25, -0.2) is 8.42 Å². The standard InChI is InChI=1S/C14H15NO2S/c1-12-4-2-3-5-14(12)18(16,17)11-8-13-6-9-15-10-7-13/h2-7,9-10H,8,11H2,1H3. The van der Waals surface area contributed by atoms with Crippen LogP contribution in [0.3, 0.4) is 0 Å². The van der Waals surface area contributed by atoms with Crippen LogP contribution in [0.4, 0.5) is 0 Å². The molecule has 2 rings (SSSR count). The zero-order valence-electron chi connectivity index (χ0n) is 10.2. The number of nitrogens with zero attached hydrogens (tertiary/aromatic N) is 1. The fourth-order valence-electron chi connectivity index (χ4n) is 1.82. The van der Waals surface area contributed by atoms with E-state index in [1.807, 2.05) is 31.2 Å². The van der Waals surface area contributed by atoms with E-state index in [9.17, 15) is 8.42 Å². The van der Waals surface area contributed by atoms with Gasteiger partial charge in [0.15, 0.2) is 9.84 Å². The van der Waals surface area contributed by atoms with E-state index >= 15 is 0 Å². The van der Waals surface area contributed by atoms with Crippen molar-refractivity contribution in [1.82, 2.24) is 4.98 Å². The van der Waals surface area contributed by atoms with Crippen LogP contribution in [0.5, 0.6) is 0 Å². The SMILES string of the molecule is Cc1ccccc1S(=O)(=O)CCc1ccncc1. The lowest BCUT2D eigenvalue weighted by atomic mass is 10.2. The predicted molar refractivity (Wildman–Crippen MR) is 71.2 cm³/mol. The van der Waals surface area contributed by atoms with Gasteiger partial charge in [-0.2, -0.15) is 0 Å². The number of aromatic nitrogens is 1. The van der Waals surface area contributed by atoms with Gasteiger partial charge in [-0.3, -0.25) is 4.98 Å². The van der Waals surface area contributed by atoms with Gasteiger partial charge >= 0.3 is 0 Å². The fourth-order valence-corrected chi connectivity index (χ4v) is 3.39. The maximum atomic E-state index is 12.2. The molecule has 0 unspecified atom stereocenters. The van der Waals surface area contributed by atoms with Gasteiger partial charge in [0.2, 0.25) is 0 Å². The summed E-state index contributed by atoms with van der Waals surface area (Å²) in [6.45, 7) is 1.82. The summed E-state index contributed by atoms with van der Waals surface area (Å²) in [5.41, 5.74) is 1.79. The molecule has 0 aliphatic rings. The van der Waals surface area contributed by atoms with Crippen LogP contribution in [0.1, 0.15) is 11.1 Å². The van der Waals surface area contributed by atoms with E-state index in [1.165, 1.54) is 0 Å². The third-order valence-corrected chi connectivity index (χ3v) is 4.71. The smallest absolute Gasteiger partial charge is 0.178 e. The van der Waals surface area contributed by atoms with Gasteiger partial charge in [0.05, 0.1) is 10.6 Å². The maximum absolute atomic E-state index is 12.2. The van der Waals surface area contributed by atoms with Gasteiger partial charge in [-0.1, -0.05) is 18.2 Å². The molecule has 1 heterocycles. The third kappa shape index (κ3) is 2.96. The van der Waals surface area contributed by atoms with E-state index < -0.39 is 9.84 Å². The Labute approximate surface area is 107 Å². The molecule has 1 aromatic carbocycles. The Morgan fingerprint density at radius 1 is 1.06 bits per heavy atom. The Hall–Kier alpha value is -1.68. The second-order valence-electron chi connectivity index (χ2n) is 4.19. The third-order valence-electron chi connectivity index (χ3n) is 2.84. The summed E-state index contributed by atoms with van der Waals surface area (Å²) < 4.78 is 24.4. The summed E-state index contributed by atoms with van der Waals surface area (Å²) in [6.07, 6.45) is 3.87. The zero-order chi connectivity index (χ0) is 13.0. The van der Waals surface area contributed by atoms with Crippen molar-refractivity contribution in [2.75, 3.05) is 5.75 Å². The quantitative estimate of drug-likeness (QED) is 0.849. The lowest BCUT2D eigenvalue weighted by molar-refractivity contribution is 0.594. The van der Waals surface area contributed by atoms with Gasteiger partial charge in [0.1, 0.15) is 0 Å². The van der Waals surface area contributed by atoms with Gasteiger partial charge in [-0.15, -0.1) is 0 Å². The number of hydrogen-bond donors (Lipinski definition) is 0. The molecule has 0 aliphatic carbocycles. The van der Waals surface area contributed by atoms with Gasteiger partial charge in [0.25, 0.3) is 0 Å². The van der Waals surface area contributed by atoms with Crippen molar-refractivity contribution in [3.8, 4) is 0 Å². The van der Waals surface area contributed by atoms with Crippen LogP contribution in [0.15, 0.2) is 53.7 Å². The van der Waals surface area contributed by atoms with Crippen LogP contribution in [0, 0.1) is 6.92 Å². The normalized spacial score (nSPS) is 11.4. The molecule has 1 aromatic heterocycles. The molecule has 0 radical (unpaired) electrons. The number of benzene rings is 1. The van der Waals surface area contributed by atoms with Gasteiger partial charge in [-0.05, 0) is 42.7 Å². The molecule has 18 heavy (non-hydrogen) atoms.